The number of benzene rings is 1. The van der Waals surface area contributed by atoms with Gasteiger partial charge in [0, 0.05) is 19.6 Å². The van der Waals surface area contributed by atoms with Crippen molar-refractivity contribution >= 4 is 17.3 Å². The van der Waals surface area contributed by atoms with Gasteiger partial charge >= 0.3 is 0 Å². The smallest absolute Gasteiger partial charge is 0.0642 e. The van der Waals surface area contributed by atoms with Crippen LogP contribution in [0.3, 0.4) is 0 Å². The minimum Gasteiger partial charge on any atom is -0.378 e. The molecule has 1 aromatic rings. The third-order valence-corrected chi connectivity index (χ3v) is 4.39. The number of ether oxygens (including phenoxy) is 1. The van der Waals surface area contributed by atoms with Crippen molar-refractivity contribution in [3.05, 3.63) is 28.8 Å². The number of piperidine rings is 1. The van der Waals surface area contributed by atoms with Crippen LogP contribution < -0.4 is 10.2 Å². The summed E-state index contributed by atoms with van der Waals surface area (Å²) in [4.78, 5) is 2.31. The van der Waals surface area contributed by atoms with Gasteiger partial charge in [-0.1, -0.05) is 17.7 Å². The molecule has 1 atom stereocenters. The Morgan fingerprint density at radius 1 is 1.26 bits per heavy atom. The Labute approximate surface area is 119 Å². The van der Waals surface area contributed by atoms with Crippen LogP contribution in [0.2, 0.25) is 5.02 Å². The summed E-state index contributed by atoms with van der Waals surface area (Å²) in [6.45, 7) is 5.69. The van der Waals surface area contributed by atoms with Gasteiger partial charge in [-0.25, -0.2) is 0 Å². The zero-order valence-electron chi connectivity index (χ0n) is 11.2. The molecule has 0 aromatic heterocycles. The summed E-state index contributed by atoms with van der Waals surface area (Å²) in [5, 5.41) is 4.34. The molecule has 1 aromatic carbocycles. The Bertz CT molecular complexity index is 426. The van der Waals surface area contributed by atoms with Crippen LogP contribution in [0.5, 0.6) is 0 Å². The molecule has 104 valence electrons. The molecule has 19 heavy (non-hydrogen) atoms. The highest BCUT2D eigenvalue weighted by atomic mass is 35.5. The predicted molar refractivity (Wildman–Crippen MR) is 79.3 cm³/mol. The summed E-state index contributed by atoms with van der Waals surface area (Å²) in [5.74, 6) is 0.616. The maximum atomic E-state index is 6.48. The van der Waals surface area contributed by atoms with E-state index in [-0.39, 0.29) is 0 Å². The van der Waals surface area contributed by atoms with E-state index in [9.17, 15) is 0 Å². The average molecular weight is 281 g/mol. The zero-order chi connectivity index (χ0) is 13.1. The summed E-state index contributed by atoms with van der Waals surface area (Å²) in [5.41, 5.74) is 2.52. The van der Waals surface area contributed by atoms with E-state index in [0.717, 1.165) is 50.1 Å². The van der Waals surface area contributed by atoms with Gasteiger partial charge in [-0.15, -0.1) is 0 Å². The SMILES string of the molecule is Clc1cc(C2CCCNC2)ccc1N1CCOCC1. The molecule has 2 aliphatic rings. The van der Waals surface area contributed by atoms with E-state index in [1.54, 1.807) is 0 Å². The summed E-state index contributed by atoms with van der Waals surface area (Å²) < 4.78 is 5.39. The third kappa shape index (κ3) is 3.04. The molecule has 2 fully saturated rings. The molecule has 3 nitrogen and oxygen atoms in total. The molecule has 4 heteroatoms. The van der Waals surface area contributed by atoms with Gasteiger partial charge in [-0.05, 0) is 43.0 Å². The van der Waals surface area contributed by atoms with E-state index in [1.165, 1.54) is 18.4 Å². The summed E-state index contributed by atoms with van der Waals surface area (Å²) >= 11 is 6.48. The molecule has 2 heterocycles. The van der Waals surface area contributed by atoms with Crippen molar-refractivity contribution in [1.82, 2.24) is 5.32 Å². The normalized spacial score (nSPS) is 24.5. The molecular formula is C15H21ClN2O. The number of nitrogens with zero attached hydrogens (tertiary/aromatic N) is 1. The lowest BCUT2D eigenvalue weighted by molar-refractivity contribution is 0.122. The van der Waals surface area contributed by atoms with Crippen LogP contribution in [0.25, 0.3) is 0 Å². The summed E-state index contributed by atoms with van der Waals surface area (Å²) in [6, 6.07) is 6.58. The number of nitrogens with one attached hydrogen (secondary N) is 1. The molecule has 0 bridgehead atoms. The van der Waals surface area contributed by atoms with E-state index in [4.69, 9.17) is 16.3 Å². The molecule has 0 spiro atoms. The van der Waals surface area contributed by atoms with Crippen LogP contribution >= 0.6 is 11.6 Å². The second kappa shape index (κ2) is 6.12. The minimum absolute atomic E-state index is 0.616. The van der Waals surface area contributed by atoms with Crippen molar-refractivity contribution in [2.24, 2.45) is 0 Å². The number of hydrogen-bond donors (Lipinski definition) is 1. The van der Waals surface area contributed by atoms with E-state index < -0.39 is 0 Å². The monoisotopic (exact) mass is 280 g/mol. The maximum Gasteiger partial charge on any atom is 0.0642 e. The fourth-order valence-electron chi connectivity index (χ4n) is 2.97. The lowest BCUT2D eigenvalue weighted by Crippen LogP contribution is -2.36. The fourth-order valence-corrected chi connectivity index (χ4v) is 3.28. The van der Waals surface area contributed by atoms with E-state index >= 15 is 0 Å². The van der Waals surface area contributed by atoms with Crippen molar-refractivity contribution < 1.29 is 4.74 Å². The first-order valence-electron chi connectivity index (χ1n) is 7.17. The molecule has 0 aliphatic carbocycles. The molecule has 2 aliphatic heterocycles. The molecule has 0 radical (unpaired) electrons. The zero-order valence-corrected chi connectivity index (χ0v) is 12.0. The van der Waals surface area contributed by atoms with Crippen LogP contribution in [-0.2, 0) is 4.74 Å². The van der Waals surface area contributed by atoms with Crippen LogP contribution in [0.15, 0.2) is 18.2 Å². The standard InChI is InChI=1S/C15H21ClN2O/c16-14-10-12(13-2-1-5-17-11-13)3-4-15(14)18-6-8-19-9-7-18/h3-4,10,13,17H,1-2,5-9,11H2. The minimum atomic E-state index is 0.616. The predicted octanol–water partition coefficient (Wildman–Crippen LogP) is 2.64. The molecule has 1 unspecified atom stereocenters. The lowest BCUT2D eigenvalue weighted by Gasteiger charge is -2.30. The lowest BCUT2D eigenvalue weighted by atomic mass is 9.91. The molecule has 2 saturated heterocycles. The van der Waals surface area contributed by atoms with Crippen molar-refractivity contribution in [3.8, 4) is 0 Å². The molecule has 0 amide bonds. The number of hydrogen-bond acceptors (Lipinski definition) is 3. The number of rotatable bonds is 2. The second-order valence-corrected chi connectivity index (χ2v) is 5.76. The average Bonchev–Trinajstić information content (AvgIpc) is 2.49. The Kier molecular flexibility index (Phi) is 4.26. The molecule has 1 N–H and O–H groups in total. The molecule has 0 saturated carbocycles. The van der Waals surface area contributed by atoms with E-state index in [2.05, 4.69) is 28.4 Å². The Morgan fingerprint density at radius 3 is 2.79 bits per heavy atom. The third-order valence-electron chi connectivity index (χ3n) is 4.09. The van der Waals surface area contributed by atoms with Gasteiger partial charge in [0.1, 0.15) is 0 Å². The van der Waals surface area contributed by atoms with Crippen LogP contribution in [0.1, 0.15) is 24.3 Å². The van der Waals surface area contributed by atoms with Crippen molar-refractivity contribution in [1.29, 1.82) is 0 Å². The van der Waals surface area contributed by atoms with Crippen molar-refractivity contribution in [2.75, 3.05) is 44.3 Å². The topological polar surface area (TPSA) is 24.5 Å². The highest BCUT2D eigenvalue weighted by molar-refractivity contribution is 6.33. The van der Waals surface area contributed by atoms with Crippen LogP contribution in [0, 0.1) is 0 Å². The van der Waals surface area contributed by atoms with E-state index in [0.29, 0.717) is 5.92 Å². The molecular weight excluding hydrogens is 260 g/mol. The van der Waals surface area contributed by atoms with Gasteiger partial charge in [-0.2, -0.15) is 0 Å². The molecule has 3 rings (SSSR count). The van der Waals surface area contributed by atoms with Gasteiger partial charge in [0.2, 0.25) is 0 Å². The number of halogens is 1. The Hall–Kier alpha value is -0.770. The van der Waals surface area contributed by atoms with Gasteiger partial charge in [0.25, 0.3) is 0 Å². The van der Waals surface area contributed by atoms with Gasteiger partial charge in [0.05, 0.1) is 23.9 Å². The number of morpholine rings is 1. The first-order valence-corrected chi connectivity index (χ1v) is 7.55. The van der Waals surface area contributed by atoms with Gasteiger partial charge < -0.3 is 15.0 Å². The maximum absolute atomic E-state index is 6.48. The summed E-state index contributed by atoms with van der Waals surface area (Å²) in [6.07, 6.45) is 2.52. The highest BCUT2D eigenvalue weighted by Gasteiger charge is 2.18. The second-order valence-electron chi connectivity index (χ2n) is 5.35. The van der Waals surface area contributed by atoms with Gasteiger partial charge in [0.15, 0.2) is 0 Å². The Morgan fingerprint density at radius 2 is 2.11 bits per heavy atom. The summed E-state index contributed by atoms with van der Waals surface area (Å²) in [7, 11) is 0. The van der Waals surface area contributed by atoms with Crippen molar-refractivity contribution in [2.45, 2.75) is 18.8 Å². The first-order chi connectivity index (χ1) is 9.34. The van der Waals surface area contributed by atoms with Crippen LogP contribution in [-0.4, -0.2) is 39.4 Å². The number of anilines is 1. The Balaban J connectivity index is 1.76. The first kappa shape index (κ1) is 13.2. The quantitative estimate of drug-likeness (QED) is 0.901. The van der Waals surface area contributed by atoms with Crippen molar-refractivity contribution in [3.63, 3.8) is 0 Å². The largest absolute Gasteiger partial charge is 0.378 e. The fraction of sp³-hybridized carbons (Fsp3) is 0.600. The van der Waals surface area contributed by atoms with Gasteiger partial charge in [-0.3, -0.25) is 0 Å². The van der Waals surface area contributed by atoms with Crippen LogP contribution in [0.4, 0.5) is 5.69 Å². The van der Waals surface area contributed by atoms with E-state index in [1.807, 2.05) is 0 Å². The highest BCUT2D eigenvalue weighted by Crippen LogP contribution is 2.32.